The van der Waals surface area contributed by atoms with Gasteiger partial charge in [0.2, 0.25) is 5.91 Å². The highest BCUT2D eigenvalue weighted by atomic mass is 127. The second-order valence-electron chi connectivity index (χ2n) is 6.76. The normalized spacial score (nSPS) is 13.8. The Morgan fingerprint density at radius 1 is 1.14 bits per heavy atom. The molecular weight excluding hydrogens is 498 g/mol. The van der Waals surface area contributed by atoms with Crippen molar-refractivity contribution in [3.05, 3.63) is 56.9 Å². The lowest BCUT2D eigenvalue weighted by molar-refractivity contribution is -0.122. The van der Waals surface area contributed by atoms with Crippen molar-refractivity contribution in [2.75, 3.05) is 18.4 Å². The summed E-state index contributed by atoms with van der Waals surface area (Å²) < 4.78 is 43.0. The molecule has 0 aliphatic carbocycles. The Balaban J connectivity index is 1.79. The fraction of sp³-hybridized carbons (Fsp3) is 0.300. The highest BCUT2D eigenvalue weighted by Crippen LogP contribution is 2.30. The van der Waals surface area contributed by atoms with E-state index in [-0.39, 0.29) is 36.3 Å². The molecule has 1 saturated heterocycles. The Kier molecular flexibility index (Phi) is 6.66. The van der Waals surface area contributed by atoms with Crippen molar-refractivity contribution in [3.63, 3.8) is 0 Å². The van der Waals surface area contributed by atoms with Crippen LogP contribution >= 0.6 is 22.6 Å². The van der Waals surface area contributed by atoms with E-state index in [4.69, 9.17) is 0 Å². The first-order valence-electron chi connectivity index (χ1n) is 9.08. The maximum Gasteiger partial charge on any atom is 0.256 e. The number of hydrogen-bond acceptors (Lipinski definition) is 3. The standard InChI is InChI=1S/C20H19F3IN3O2/c1-2-3-17(28)25-12-9-27(10-12)20(29)13-5-6-14(21)18(23)19(13)26-16-7-4-11(24)8-15(16)22/h4-8,12,26H,2-3,9-10H2,1H3,(H,25,28). The van der Waals surface area contributed by atoms with Crippen molar-refractivity contribution in [3.8, 4) is 0 Å². The molecule has 0 spiro atoms. The highest BCUT2D eigenvalue weighted by Gasteiger charge is 2.34. The van der Waals surface area contributed by atoms with E-state index >= 15 is 0 Å². The monoisotopic (exact) mass is 517 g/mol. The zero-order chi connectivity index (χ0) is 21.1. The lowest BCUT2D eigenvalue weighted by Crippen LogP contribution is -2.61. The summed E-state index contributed by atoms with van der Waals surface area (Å²) in [5.41, 5.74) is -0.606. The summed E-state index contributed by atoms with van der Waals surface area (Å²) in [4.78, 5) is 25.8. The minimum Gasteiger partial charge on any atom is -0.350 e. The number of carbonyl (C=O) groups excluding carboxylic acids is 2. The molecule has 2 aromatic carbocycles. The quantitative estimate of drug-likeness (QED) is 0.566. The van der Waals surface area contributed by atoms with Gasteiger partial charge in [0.1, 0.15) is 5.82 Å². The summed E-state index contributed by atoms with van der Waals surface area (Å²) in [6.07, 6.45) is 1.13. The summed E-state index contributed by atoms with van der Waals surface area (Å²) >= 11 is 1.93. The van der Waals surface area contributed by atoms with E-state index in [0.717, 1.165) is 18.6 Å². The van der Waals surface area contributed by atoms with Crippen LogP contribution in [0.2, 0.25) is 0 Å². The fourth-order valence-electron chi connectivity index (χ4n) is 3.01. The molecular formula is C20H19F3IN3O2. The number of halogens is 4. The van der Waals surface area contributed by atoms with Crippen LogP contribution in [-0.4, -0.2) is 35.8 Å². The molecule has 3 rings (SSSR count). The van der Waals surface area contributed by atoms with Gasteiger partial charge in [0.15, 0.2) is 11.6 Å². The van der Waals surface area contributed by atoms with Crippen LogP contribution in [-0.2, 0) is 4.79 Å². The predicted molar refractivity (Wildman–Crippen MR) is 111 cm³/mol. The Labute approximate surface area is 179 Å². The van der Waals surface area contributed by atoms with Gasteiger partial charge >= 0.3 is 0 Å². The van der Waals surface area contributed by atoms with E-state index in [9.17, 15) is 22.8 Å². The SMILES string of the molecule is CCCC(=O)NC1CN(C(=O)c2ccc(F)c(F)c2Nc2ccc(I)cc2F)C1. The van der Waals surface area contributed by atoms with Crippen LogP contribution in [0.5, 0.6) is 0 Å². The number of nitrogens with one attached hydrogen (secondary N) is 2. The van der Waals surface area contributed by atoms with Crippen LogP contribution in [0.15, 0.2) is 30.3 Å². The van der Waals surface area contributed by atoms with Gasteiger partial charge in [-0.25, -0.2) is 13.2 Å². The number of rotatable bonds is 6. The largest absolute Gasteiger partial charge is 0.350 e. The Morgan fingerprint density at radius 3 is 2.52 bits per heavy atom. The van der Waals surface area contributed by atoms with E-state index in [1.807, 2.05) is 29.5 Å². The number of benzene rings is 2. The summed E-state index contributed by atoms with van der Waals surface area (Å²) in [6.45, 7) is 2.43. The van der Waals surface area contributed by atoms with Crippen molar-refractivity contribution >= 4 is 45.8 Å². The maximum absolute atomic E-state index is 14.4. The van der Waals surface area contributed by atoms with Gasteiger partial charge in [0, 0.05) is 23.1 Å². The van der Waals surface area contributed by atoms with E-state index in [1.54, 1.807) is 6.07 Å². The molecule has 0 bridgehead atoms. The molecule has 9 heteroatoms. The molecule has 0 atom stereocenters. The predicted octanol–water partition coefficient (Wildman–Crippen LogP) is 4.19. The fourth-order valence-corrected chi connectivity index (χ4v) is 3.46. The van der Waals surface area contributed by atoms with Crippen LogP contribution in [0.4, 0.5) is 24.5 Å². The zero-order valence-corrected chi connectivity index (χ0v) is 17.7. The van der Waals surface area contributed by atoms with Crippen LogP contribution in [0.1, 0.15) is 30.1 Å². The third kappa shape index (κ3) is 4.82. The second kappa shape index (κ2) is 9.02. The number of nitrogens with zero attached hydrogens (tertiary/aromatic N) is 1. The first kappa shape index (κ1) is 21.4. The van der Waals surface area contributed by atoms with E-state index in [0.29, 0.717) is 9.99 Å². The van der Waals surface area contributed by atoms with Gasteiger partial charge in [0.25, 0.3) is 5.91 Å². The van der Waals surface area contributed by atoms with Crippen molar-refractivity contribution in [2.24, 2.45) is 0 Å². The van der Waals surface area contributed by atoms with Crippen molar-refractivity contribution in [2.45, 2.75) is 25.8 Å². The number of likely N-dealkylation sites (tertiary alicyclic amines) is 1. The number of amides is 2. The smallest absolute Gasteiger partial charge is 0.256 e. The number of carbonyl (C=O) groups is 2. The van der Waals surface area contributed by atoms with Gasteiger partial charge in [0.05, 0.1) is 23.0 Å². The summed E-state index contributed by atoms with van der Waals surface area (Å²) in [7, 11) is 0. The van der Waals surface area contributed by atoms with Gasteiger partial charge in [-0.1, -0.05) is 6.92 Å². The molecule has 1 aliphatic heterocycles. The molecule has 2 aromatic rings. The van der Waals surface area contributed by atoms with Crippen molar-refractivity contribution in [1.29, 1.82) is 0 Å². The summed E-state index contributed by atoms with van der Waals surface area (Å²) in [5.74, 6) is -3.68. The van der Waals surface area contributed by atoms with E-state index in [1.165, 1.54) is 17.0 Å². The third-order valence-corrected chi connectivity index (χ3v) is 5.20. The van der Waals surface area contributed by atoms with Gasteiger partial charge in [-0.15, -0.1) is 0 Å². The summed E-state index contributed by atoms with van der Waals surface area (Å²) in [6, 6.07) is 6.08. The molecule has 1 heterocycles. The highest BCUT2D eigenvalue weighted by molar-refractivity contribution is 14.1. The Morgan fingerprint density at radius 2 is 1.86 bits per heavy atom. The molecule has 29 heavy (non-hydrogen) atoms. The van der Waals surface area contributed by atoms with Crippen molar-refractivity contribution < 1.29 is 22.8 Å². The average molecular weight is 517 g/mol. The van der Waals surface area contributed by atoms with Gasteiger partial charge < -0.3 is 15.5 Å². The second-order valence-corrected chi connectivity index (χ2v) is 8.00. The Bertz CT molecular complexity index is 949. The van der Waals surface area contributed by atoms with Gasteiger partial charge in [-0.05, 0) is 59.3 Å². The molecule has 2 amide bonds. The van der Waals surface area contributed by atoms with Crippen LogP contribution in [0.3, 0.4) is 0 Å². The lowest BCUT2D eigenvalue weighted by atomic mass is 10.0. The molecule has 0 aromatic heterocycles. The van der Waals surface area contributed by atoms with Gasteiger partial charge in [-0.3, -0.25) is 9.59 Å². The minimum absolute atomic E-state index is 0.0720. The minimum atomic E-state index is -1.26. The topological polar surface area (TPSA) is 61.4 Å². The molecule has 5 nitrogen and oxygen atoms in total. The molecule has 1 aliphatic rings. The van der Waals surface area contributed by atoms with Crippen LogP contribution < -0.4 is 10.6 Å². The number of anilines is 2. The van der Waals surface area contributed by atoms with Crippen LogP contribution in [0.25, 0.3) is 0 Å². The molecule has 1 fully saturated rings. The maximum atomic E-state index is 14.4. The van der Waals surface area contributed by atoms with Crippen molar-refractivity contribution in [1.82, 2.24) is 10.2 Å². The average Bonchev–Trinajstić information content (AvgIpc) is 2.63. The van der Waals surface area contributed by atoms with E-state index in [2.05, 4.69) is 10.6 Å². The summed E-state index contributed by atoms with van der Waals surface area (Å²) in [5, 5.41) is 5.32. The number of hydrogen-bond donors (Lipinski definition) is 2. The van der Waals surface area contributed by atoms with E-state index < -0.39 is 29.0 Å². The molecule has 2 N–H and O–H groups in total. The zero-order valence-electron chi connectivity index (χ0n) is 15.6. The van der Waals surface area contributed by atoms with Crippen LogP contribution in [0, 0.1) is 21.0 Å². The lowest BCUT2D eigenvalue weighted by Gasteiger charge is -2.39. The Hall–Kier alpha value is -2.30. The third-order valence-electron chi connectivity index (χ3n) is 4.53. The first-order valence-corrected chi connectivity index (χ1v) is 10.2. The molecule has 0 radical (unpaired) electrons. The first-order chi connectivity index (χ1) is 13.8. The van der Waals surface area contributed by atoms with Gasteiger partial charge in [-0.2, -0.15) is 0 Å². The molecule has 0 unspecified atom stereocenters. The molecule has 0 saturated carbocycles. The molecule has 154 valence electrons.